The van der Waals surface area contributed by atoms with E-state index in [2.05, 4.69) is 15.9 Å². The third-order valence-corrected chi connectivity index (χ3v) is 5.29. The molecule has 0 spiro atoms. The van der Waals surface area contributed by atoms with Crippen molar-refractivity contribution in [3.8, 4) is 5.75 Å². The van der Waals surface area contributed by atoms with E-state index in [1.165, 1.54) is 4.57 Å². The number of benzene rings is 2. The Morgan fingerprint density at radius 2 is 1.85 bits per heavy atom. The summed E-state index contributed by atoms with van der Waals surface area (Å²) in [6.07, 6.45) is 0. The van der Waals surface area contributed by atoms with Gasteiger partial charge in [-0.25, -0.2) is 4.79 Å². The second-order valence-corrected chi connectivity index (χ2v) is 8.34. The molecule has 1 aliphatic heterocycles. The number of ether oxygens (including phenoxy) is 1. The highest BCUT2D eigenvalue weighted by Gasteiger charge is 2.32. The molecule has 1 aromatic heterocycles. The van der Waals surface area contributed by atoms with Gasteiger partial charge < -0.3 is 4.74 Å². The zero-order valence-electron chi connectivity index (χ0n) is 14.3. The smallest absolute Gasteiger partial charge is 0.332 e. The number of aromatic nitrogens is 2. The van der Waals surface area contributed by atoms with E-state index in [0.29, 0.717) is 28.2 Å². The van der Waals surface area contributed by atoms with Crippen molar-refractivity contribution in [3.05, 3.63) is 72.3 Å². The van der Waals surface area contributed by atoms with E-state index in [-0.39, 0.29) is 17.8 Å². The standard InChI is InChI=1S/C19H16BrClN2O3/c1-19(2)10-23-15-13(7-8-14(21)16(15)26-19)17(24)22(18(23)25)9-11-3-5-12(20)6-4-11/h3-8H,9-10H2,1-2H3. The van der Waals surface area contributed by atoms with E-state index < -0.39 is 5.60 Å². The van der Waals surface area contributed by atoms with Crippen LogP contribution >= 0.6 is 27.5 Å². The minimum Gasteiger partial charge on any atom is -0.482 e. The van der Waals surface area contributed by atoms with Gasteiger partial charge >= 0.3 is 5.69 Å². The lowest BCUT2D eigenvalue weighted by molar-refractivity contribution is 0.0788. The summed E-state index contributed by atoms with van der Waals surface area (Å²) >= 11 is 9.66. The van der Waals surface area contributed by atoms with E-state index in [0.717, 1.165) is 10.0 Å². The van der Waals surface area contributed by atoms with Gasteiger partial charge in [0.15, 0.2) is 5.75 Å². The summed E-state index contributed by atoms with van der Waals surface area (Å²) < 4.78 is 9.77. The molecule has 0 saturated carbocycles. The third kappa shape index (κ3) is 2.77. The second kappa shape index (κ2) is 5.99. The monoisotopic (exact) mass is 434 g/mol. The van der Waals surface area contributed by atoms with E-state index in [1.807, 2.05) is 38.1 Å². The highest BCUT2D eigenvalue weighted by atomic mass is 79.9. The third-order valence-electron chi connectivity index (χ3n) is 4.46. The molecule has 0 bridgehead atoms. The molecule has 1 aliphatic rings. The Morgan fingerprint density at radius 3 is 2.54 bits per heavy atom. The van der Waals surface area contributed by atoms with Gasteiger partial charge in [-0.3, -0.25) is 13.9 Å². The van der Waals surface area contributed by atoms with Crippen LogP contribution in [0.5, 0.6) is 5.75 Å². The maximum atomic E-state index is 13.1. The number of hydrogen-bond acceptors (Lipinski definition) is 3. The lowest BCUT2D eigenvalue weighted by atomic mass is 10.1. The fourth-order valence-corrected chi connectivity index (χ4v) is 3.76. The molecule has 0 radical (unpaired) electrons. The van der Waals surface area contributed by atoms with Crippen molar-refractivity contribution >= 4 is 38.4 Å². The fourth-order valence-electron chi connectivity index (χ4n) is 3.31. The summed E-state index contributed by atoms with van der Waals surface area (Å²) in [6, 6.07) is 10.8. The van der Waals surface area contributed by atoms with Crippen LogP contribution in [0.2, 0.25) is 5.02 Å². The fraction of sp³-hybridized carbons (Fsp3) is 0.263. The Bertz CT molecular complexity index is 1150. The zero-order chi connectivity index (χ0) is 18.6. The van der Waals surface area contributed by atoms with Gasteiger partial charge in [0.2, 0.25) is 0 Å². The SMILES string of the molecule is CC1(C)Cn2c(=O)n(Cc3ccc(Br)cc3)c(=O)c3ccc(Cl)c(c32)O1. The predicted octanol–water partition coefficient (Wildman–Crippen LogP) is 3.80. The first kappa shape index (κ1) is 17.4. The van der Waals surface area contributed by atoms with Crippen molar-refractivity contribution in [2.45, 2.75) is 32.5 Å². The van der Waals surface area contributed by atoms with Crippen LogP contribution in [0, 0.1) is 0 Å². The molecular formula is C19H16BrClN2O3. The van der Waals surface area contributed by atoms with E-state index in [1.54, 1.807) is 16.7 Å². The number of halogens is 2. The average Bonchev–Trinajstić information content (AvgIpc) is 2.59. The number of rotatable bonds is 2. The summed E-state index contributed by atoms with van der Waals surface area (Å²) in [4.78, 5) is 26.1. The lowest BCUT2D eigenvalue weighted by Gasteiger charge is -2.34. The largest absolute Gasteiger partial charge is 0.482 e. The van der Waals surface area contributed by atoms with Crippen molar-refractivity contribution in [3.63, 3.8) is 0 Å². The summed E-state index contributed by atoms with van der Waals surface area (Å²) in [7, 11) is 0. The first-order valence-corrected chi connectivity index (χ1v) is 9.33. The molecule has 4 rings (SSSR count). The first-order chi connectivity index (χ1) is 12.3. The highest BCUT2D eigenvalue weighted by Crippen LogP contribution is 2.37. The van der Waals surface area contributed by atoms with Gasteiger partial charge in [-0.1, -0.05) is 39.7 Å². The number of nitrogens with zero attached hydrogens (tertiary/aromatic N) is 2. The van der Waals surface area contributed by atoms with Gasteiger partial charge in [-0.15, -0.1) is 0 Å². The zero-order valence-corrected chi connectivity index (χ0v) is 16.6. The van der Waals surface area contributed by atoms with Crippen LogP contribution in [0.15, 0.2) is 50.5 Å². The van der Waals surface area contributed by atoms with Gasteiger partial charge in [-0.05, 0) is 43.7 Å². The van der Waals surface area contributed by atoms with Crippen molar-refractivity contribution in [1.29, 1.82) is 0 Å². The Labute approximate surface area is 162 Å². The van der Waals surface area contributed by atoms with Crippen LogP contribution in [0.3, 0.4) is 0 Å². The van der Waals surface area contributed by atoms with Crippen LogP contribution in [-0.4, -0.2) is 14.7 Å². The Balaban J connectivity index is 2.00. The molecule has 3 aromatic rings. The van der Waals surface area contributed by atoms with Crippen LogP contribution in [0.1, 0.15) is 19.4 Å². The lowest BCUT2D eigenvalue weighted by Crippen LogP contribution is -2.47. The van der Waals surface area contributed by atoms with Crippen LogP contribution in [-0.2, 0) is 13.1 Å². The van der Waals surface area contributed by atoms with Gasteiger partial charge in [0.25, 0.3) is 5.56 Å². The van der Waals surface area contributed by atoms with E-state index in [9.17, 15) is 9.59 Å². The second-order valence-electron chi connectivity index (χ2n) is 7.02. The van der Waals surface area contributed by atoms with Gasteiger partial charge in [-0.2, -0.15) is 0 Å². The molecule has 0 saturated heterocycles. The average molecular weight is 436 g/mol. The molecule has 5 nitrogen and oxygen atoms in total. The maximum Gasteiger partial charge on any atom is 0.332 e. The molecule has 0 unspecified atom stereocenters. The summed E-state index contributed by atoms with van der Waals surface area (Å²) in [5, 5.41) is 0.820. The summed E-state index contributed by atoms with van der Waals surface area (Å²) in [5.41, 5.74) is 0.0452. The molecule has 0 amide bonds. The van der Waals surface area contributed by atoms with Gasteiger partial charge in [0.05, 0.1) is 23.5 Å². The molecule has 2 aromatic carbocycles. The van der Waals surface area contributed by atoms with Crippen LogP contribution in [0.4, 0.5) is 0 Å². The quantitative estimate of drug-likeness (QED) is 0.615. The van der Waals surface area contributed by atoms with E-state index >= 15 is 0 Å². The highest BCUT2D eigenvalue weighted by molar-refractivity contribution is 9.10. The van der Waals surface area contributed by atoms with E-state index in [4.69, 9.17) is 16.3 Å². The minimum absolute atomic E-state index is 0.208. The number of hydrogen-bond donors (Lipinski definition) is 0. The maximum absolute atomic E-state index is 13.1. The Morgan fingerprint density at radius 1 is 1.15 bits per heavy atom. The molecule has 0 aliphatic carbocycles. The topological polar surface area (TPSA) is 53.2 Å². The van der Waals surface area contributed by atoms with Crippen molar-refractivity contribution < 1.29 is 4.74 Å². The molecule has 0 atom stereocenters. The Kier molecular flexibility index (Phi) is 4.00. The molecule has 2 heterocycles. The van der Waals surface area contributed by atoms with Crippen molar-refractivity contribution in [2.75, 3.05) is 0 Å². The molecule has 0 fully saturated rings. The first-order valence-electron chi connectivity index (χ1n) is 8.16. The molecule has 26 heavy (non-hydrogen) atoms. The van der Waals surface area contributed by atoms with Crippen molar-refractivity contribution in [2.24, 2.45) is 0 Å². The van der Waals surface area contributed by atoms with Crippen LogP contribution in [0.25, 0.3) is 10.9 Å². The van der Waals surface area contributed by atoms with Gasteiger partial charge in [0, 0.05) is 4.47 Å². The summed E-state index contributed by atoms with van der Waals surface area (Å²) in [6.45, 7) is 4.33. The van der Waals surface area contributed by atoms with Crippen molar-refractivity contribution in [1.82, 2.24) is 9.13 Å². The predicted molar refractivity (Wildman–Crippen MR) is 105 cm³/mol. The van der Waals surface area contributed by atoms with Crippen LogP contribution < -0.4 is 16.0 Å². The molecule has 0 N–H and O–H groups in total. The molecule has 7 heteroatoms. The summed E-state index contributed by atoms with van der Waals surface area (Å²) in [5.74, 6) is 0.394. The normalized spacial score (nSPS) is 15.1. The molecule has 134 valence electrons. The minimum atomic E-state index is -0.603. The molecular weight excluding hydrogens is 420 g/mol. The van der Waals surface area contributed by atoms with Gasteiger partial charge in [0.1, 0.15) is 11.1 Å². The Hall–Kier alpha value is -2.05.